The third kappa shape index (κ3) is 11.8. The van der Waals surface area contributed by atoms with Crippen LogP contribution in [-0.4, -0.2) is 23.7 Å². The van der Waals surface area contributed by atoms with Gasteiger partial charge in [0.15, 0.2) is 0 Å². The lowest BCUT2D eigenvalue weighted by Gasteiger charge is -2.27. The summed E-state index contributed by atoms with van der Waals surface area (Å²) in [5.74, 6) is 0. The van der Waals surface area contributed by atoms with Crippen molar-refractivity contribution in [2.24, 2.45) is 0 Å². The van der Waals surface area contributed by atoms with Crippen molar-refractivity contribution >= 4 is 0 Å². The molecule has 0 saturated heterocycles. The van der Waals surface area contributed by atoms with Gasteiger partial charge in [-0.3, -0.25) is 0 Å². The lowest BCUT2D eigenvalue weighted by Crippen LogP contribution is -2.42. The molecule has 1 unspecified atom stereocenters. The zero-order chi connectivity index (χ0) is 12.1. The smallest absolute Gasteiger partial charge is 0.00989 e. The Hall–Kier alpha value is -0.0800. The number of hydrogen-bond acceptors (Lipinski definition) is 2. The molecular formula is C13H30N2. The van der Waals surface area contributed by atoms with Crippen molar-refractivity contribution in [3.63, 3.8) is 0 Å². The molecule has 0 aliphatic carbocycles. The largest absolute Gasteiger partial charge is 0.312 e. The predicted octanol–water partition coefficient (Wildman–Crippen LogP) is 2.93. The van der Waals surface area contributed by atoms with Crippen molar-refractivity contribution in [2.75, 3.05) is 6.54 Å². The molecule has 2 N–H and O–H groups in total. The lowest BCUT2D eigenvalue weighted by atomic mass is 10.0. The van der Waals surface area contributed by atoms with Crippen LogP contribution in [0.15, 0.2) is 0 Å². The van der Waals surface area contributed by atoms with Gasteiger partial charge in [0.25, 0.3) is 0 Å². The monoisotopic (exact) mass is 214 g/mol. The van der Waals surface area contributed by atoms with E-state index < -0.39 is 0 Å². The molecule has 1 atom stereocenters. The summed E-state index contributed by atoms with van der Waals surface area (Å²) in [5, 5.41) is 7.10. The van der Waals surface area contributed by atoms with E-state index in [4.69, 9.17) is 0 Å². The Kier molecular flexibility index (Phi) is 5.82. The highest BCUT2D eigenvalue weighted by atomic mass is 15.0. The van der Waals surface area contributed by atoms with Crippen molar-refractivity contribution < 1.29 is 0 Å². The number of rotatable bonds is 5. The van der Waals surface area contributed by atoms with E-state index in [-0.39, 0.29) is 11.1 Å². The zero-order valence-corrected chi connectivity index (χ0v) is 11.7. The summed E-state index contributed by atoms with van der Waals surface area (Å²) in [5.41, 5.74) is 0.484. The van der Waals surface area contributed by atoms with Crippen LogP contribution in [0, 0.1) is 0 Å². The first-order chi connectivity index (χ1) is 6.60. The van der Waals surface area contributed by atoms with Crippen LogP contribution in [0.25, 0.3) is 0 Å². The predicted molar refractivity (Wildman–Crippen MR) is 69.3 cm³/mol. The molecule has 0 heterocycles. The van der Waals surface area contributed by atoms with Crippen LogP contribution in [0.5, 0.6) is 0 Å². The second-order valence-corrected chi connectivity index (χ2v) is 6.61. The molecule has 0 aromatic heterocycles. The van der Waals surface area contributed by atoms with E-state index >= 15 is 0 Å². The second-order valence-electron chi connectivity index (χ2n) is 6.61. The molecule has 0 amide bonds. The minimum absolute atomic E-state index is 0.233. The van der Waals surface area contributed by atoms with Gasteiger partial charge in [-0.2, -0.15) is 0 Å². The van der Waals surface area contributed by atoms with Crippen LogP contribution in [-0.2, 0) is 0 Å². The maximum absolute atomic E-state index is 3.59. The zero-order valence-electron chi connectivity index (χ0n) is 11.7. The molecule has 2 nitrogen and oxygen atoms in total. The Bertz CT molecular complexity index is 162. The lowest BCUT2D eigenvalue weighted by molar-refractivity contribution is 0.346. The van der Waals surface area contributed by atoms with E-state index in [1.165, 1.54) is 12.8 Å². The molecule has 0 rings (SSSR count). The van der Waals surface area contributed by atoms with Gasteiger partial charge < -0.3 is 10.6 Å². The fourth-order valence-electron chi connectivity index (χ4n) is 1.68. The molecule has 15 heavy (non-hydrogen) atoms. The van der Waals surface area contributed by atoms with Gasteiger partial charge in [-0.25, -0.2) is 0 Å². The van der Waals surface area contributed by atoms with Crippen LogP contribution in [0.3, 0.4) is 0 Å². The Labute approximate surface area is 96.2 Å². The topological polar surface area (TPSA) is 24.1 Å². The molecule has 0 spiro atoms. The summed E-state index contributed by atoms with van der Waals surface area (Å²) >= 11 is 0. The molecule has 0 aliphatic rings. The summed E-state index contributed by atoms with van der Waals surface area (Å²) in [6.07, 6.45) is 2.47. The van der Waals surface area contributed by atoms with Gasteiger partial charge in [-0.05, 0) is 67.9 Å². The van der Waals surface area contributed by atoms with Crippen molar-refractivity contribution in [3.05, 3.63) is 0 Å². The highest BCUT2D eigenvalue weighted by Gasteiger charge is 2.13. The molecule has 0 aromatic carbocycles. The summed E-state index contributed by atoms with van der Waals surface area (Å²) in [7, 11) is 0. The van der Waals surface area contributed by atoms with Gasteiger partial charge in [-0.1, -0.05) is 0 Å². The molecule has 0 aromatic rings. The molecule has 0 radical (unpaired) electrons. The first-order valence-corrected chi connectivity index (χ1v) is 6.13. The molecule has 2 heteroatoms. The Balaban J connectivity index is 3.52. The molecule has 92 valence electrons. The van der Waals surface area contributed by atoms with E-state index in [0.29, 0.717) is 6.04 Å². The maximum Gasteiger partial charge on any atom is 0.00989 e. The standard InChI is InChI=1S/C13H30N2/c1-11(15-13(5,6)7)9-8-10-14-12(2,3)4/h11,14-15H,8-10H2,1-7H3. The highest BCUT2D eigenvalue weighted by molar-refractivity contribution is 4.76. The minimum atomic E-state index is 0.233. The van der Waals surface area contributed by atoms with E-state index in [1.54, 1.807) is 0 Å². The van der Waals surface area contributed by atoms with Crippen molar-refractivity contribution in [2.45, 2.75) is 78.4 Å². The van der Waals surface area contributed by atoms with Crippen molar-refractivity contribution in [1.29, 1.82) is 0 Å². The van der Waals surface area contributed by atoms with E-state index in [0.717, 1.165) is 6.54 Å². The first-order valence-electron chi connectivity index (χ1n) is 6.13. The van der Waals surface area contributed by atoms with Gasteiger partial charge in [0, 0.05) is 17.1 Å². The molecule has 0 fully saturated rings. The Morgan fingerprint density at radius 2 is 1.47 bits per heavy atom. The van der Waals surface area contributed by atoms with Gasteiger partial charge >= 0.3 is 0 Å². The molecular weight excluding hydrogens is 184 g/mol. The SMILES string of the molecule is CC(CCCNC(C)(C)C)NC(C)(C)C. The summed E-state index contributed by atoms with van der Waals surface area (Å²) in [6, 6.07) is 0.603. The fourth-order valence-corrected chi connectivity index (χ4v) is 1.68. The first kappa shape index (κ1) is 14.9. The van der Waals surface area contributed by atoms with E-state index in [1.807, 2.05) is 0 Å². The quantitative estimate of drug-likeness (QED) is 0.688. The highest BCUT2D eigenvalue weighted by Crippen LogP contribution is 2.05. The van der Waals surface area contributed by atoms with Gasteiger partial charge in [0.2, 0.25) is 0 Å². The summed E-state index contributed by atoms with van der Waals surface area (Å²) in [4.78, 5) is 0. The normalized spacial score (nSPS) is 15.4. The van der Waals surface area contributed by atoms with Gasteiger partial charge in [0.1, 0.15) is 0 Å². The van der Waals surface area contributed by atoms with Gasteiger partial charge in [0.05, 0.1) is 0 Å². The van der Waals surface area contributed by atoms with Crippen LogP contribution in [0.1, 0.15) is 61.3 Å². The van der Waals surface area contributed by atoms with Crippen LogP contribution >= 0.6 is 0 Å². The molecule has 0 bridgehead atoms. The molecule has 0 saturated carbocycles. The Morgan fingerprint density at radius 1 is 0.933 bits per heavy atom. The molecule has 0 aliphatic heterocycles. The number of nitrogens with one attached hydrogen (secondary N) is 2. The van der Waals surface area contributed by atoms with E-state index in [9.17, 15) is 0 Å². The van der Waals surface area contributed by atoms with E-state index in [2.05, 4.69) is 59.1 Å². The number of hydrogen-bond donors (Lipinski definition) is 2. The fraction of sp³-hybridized carbons (Fsp3) is 1.00. The minimum Gasteiger partial charge on any atom is -0.312 e. The van der Waals surface area contributed by atoms with Crippen LogP contribution < -0.4 is 10.6 Å². The maximum atomic E-state index is 3.59. The van der Waals surface area contributed by atoms with Crippen LogP contribution in [0.4, 0.5) is 0 Å². The summed E-state index contributed by atoms with van der Waals surface area (Å²) in [6.45, 7) is 16.7. The van der Waals surface area contributed by atoms with Crippen molar-refractivity contribution in [1.82, 2.24) is 10.6 Å². The van der Waals surface area contributed by atoms with Crippen LogP contribution in [0.2, 0.25) is 0 Å². The summed E-state index contributed by atoms with van der Waals surface area (Å²) < 4.78 is 0. The third-order valence-electron chi connectivity index (χ3n) is 2.15. The average molecular weight is 214 g/mol. The second kappa shape index (κ2) is 5.86. The van der Waals surface area contributed by atoms with Crippen molar-refractivity contribution in [3.8, 4) is 0 Å². The Morgan fingerprint density at radius 3 is 1.87 bits per heavy atom. The van der Waals surface area contributed by atoms with Gasteiger partial charge in [-0.15, -0.1) is 0 Å². The third-order valence-corrected chi connectivity index (χ3v) is 2.15. The average Bonchev–Trinajstić information content (AvgIpc) is 1.92.